The molecule has 0 spiro atoms. The van der Waals surface area contributed by atoms with Gasteiger partial charge in [-0.05, 0) is 50.1 Å². The third-order valence-corrected chi connectivity index (χ3v) is 6.02. The Hall–Kier alpha value is -3.61. The molecule has 36 heavy (non-hydrogen) atoms. The maximum atomic E-state index is 13.5. The van der Waals surface area contributed by atoms with Gasteiger partial charge in [0.05, 0.1) is 12.1 Å². The van der Waals surface area contributed by atoms with E-state index in [1.807, 2.05) is 60.7 Å². The first kappa shape index (κ1) is 27.0. The summed E-state index contributed by atoms with van der Waals surface area (Å²) in [5, 5.41) is 10.1. The fourth-order valence-electron chi connectivity index (χ4n) is 4.00. The number of halogens is 1. The second-order valence-electron chi connectivity index (χ2n) is 9.60. The Labute approximate surface area is 217 Å². The van der Waals surface area contributed by atoms with Crippen molar-refractivity contribution in [2.75, 3.05) is 6.54 Å². The molecule has 0 aliphatic carbocycles. The number of carboxylic acids is 1. The van der Waals surface area contributed by atoms with E-state index in [1.165, 1.54) is 6.07 Å². The number of aromatic amines is 1. The second kappa shape index (κ2) is 11.4. The molecular weight excluding hydrogens is 476 g/mol. The summed E-state index contributed by atoms with van der Waals surface area (Å²) in [7, 11) is 0. The molecule has 7 heteroatoms. The molecule has 0 radical (unpaired) electrons. The molecule has 1 aromatic heterocycles. The molecule has 0 aliphatic heterocycles. The van der Waals surface area contributed by atoms with Crippen molar-refractivity contribution in [2.45, 2.75) is 39.5 Å². The molecule has 188 valence electrons. The van der Waals surface area contributed by atoms with Crippen LogP contribution in [0.2, 0.25) is 0 Å². The van der Waals surface area contributed by atoms with E-state index in [1.54, 1.807) is 12.1 Å². The van der Waals surface area contributed by atoms with Gasteiger partial charge in [-0.1, -0.05) is 60.7 Å². The first-order chi connectivity index (χ1) is 16.7. The molecule has 0 bridgehead atoms. The number of aromatic nitrogens is 1. The molecule has 0 amide bonds. The third kappa shape index (κ3) is 6.33. The molecule has 2 N–H and O–H groups in total. The third-order valence-electron chi connectivity index (χ3n) is 6.02. The molecule has 1 heterocycles. The second-order valence-corrected chi connectivity index (χ2v) is 9.60. The van der Waals surface area contributed by atoms with E-state index in [0.29, 0.717) is 35.4 Å². The summed E-state index contributed by atoms with van der Waals surface area (Å²) in [6, 6.07) is 24.7. The van der Waals surface area contributed by atoms with Crippen LogP contribution in [-0.4, -0.2) is 38.8 Å². The van der Waals surface area contributed by atoms with Crippen molar-refractivity contribution in [1.29, 1.82) is 0 Å². The van der Waals surface area contributed by atoms with Gasteiger partial charge < -0.3 is 14.8 Å². The normalized spacial score (nSPS) is 11.3. The number of carbonyl (C=O) groups excluding carboxylic acids is 1. The molecule has 0 saturated carbocycles. The molecule has 4 aromatic rings. The van der Waals surface area contributed by atoms with Crippen LogP contribution in [0.4, 0.5) is 0 Å². The van der Waals surface area contributed by atoms with Crippen LogP contribution in [0.3, 0.4) is 0 Å². The van der Waals surface area contributed by atoms with E-state index in [2.05, 4.69) is 30.7 Å². The van der Waals surface area contributed by atoms with Gasteiger partial charge in [-0.25, -0.2) is 4.79 Å². The molecular formula is C29H31ClN2O4. The molecule has 0 fully saturated rings. The van der Waals surface area contributed by atoms with Crippen LogP contribution in [0.15, 0.2) is 78.9 Å². The van der Waals surface area contributed by atoms with Gasteiger partial charge in [0, 0.05) is 23.0 Å². The molecule has 3 aromatic carbocycles. The number of hydrogen-bond acceptors (Lipinski definition) is 4. The number of aromatic carboxylic acids is 1. The minimum Gasteiger partial charge on any atom is -0.487 e. The van der Waals surface area contributed by atoms with Crippen molar-refractivity contribution in [2.24, 2.45) is 0 Å². The quantitative estimate of drug-likeness (QED) is 0.258. The van der Waals surface area contributed by atoms with Gasteiger partial charge >= 0.3 is 5.97 Å². The number of ether oxygens (including phenoxy) is 1. The van der Waals surface area contributed by atoms with Gasteiger partial charge in [0.2, 0.25) is 0 Å². The Morgan fingerprint density at radius 3 is 2.11 bits per heavy atom. The molecule has 6 nitrogen and oxygen atoms in total. The molecule has 0 atom stereocenters. The Balaban J connectivity index is 0.00000361. The standard InChI is InChI=1S/C29H30N2O4.ClH/c1-29(2,3)31(17-20-10-6-4-7-11-20)18-25(32)22-14-15-26(35-19-21-12-8-5-9-13-21)27-23(22)16-24(30-27)28(33)34;/h4-16,30H,17-19H2,1-3H3,(H,33,34);1H. The van der Waals surface area contributed by atoms with E-state index < -0.39 is 5.97 Å². The lowest BCUT2D eigenvalue weighted by Gasteiger charge is -2.35. The van der Waals surface area contributed by atoms with E-state index in [-0.39, 0.29) is 36.0 Å². The van der Waals surface area contributed by atoms with Gasteiger partial charge in [-0.3, -0.25) is 9.69 Å². The average Bonchev–Trinajstić information content (AvgIpc) is 3.29. The number of Topliss-reactive ketones (excluding diaryl/α,β-unsaturated/α-hetero) is 1. The van der Waals surface area contributed by atoms with E-state index >= 15 is 0 Å². The van der Waals surface area contributed by atoms with Gasteiger partial charge in [0.15, 0.2) is 5.78 Å². The smallest absolute Gasteiger partial charge is 0.352 e. The lowest BCUT2D eigenvalue weighted by atomic mass is 10.0. The van der Waals surface area contributed by atoms with Gasteiger partial charge in [0.1, 0.15) is 18.1 Å². The minimum absolute atomic E-state index is 0. The maximum absolute atomic E-state index is 13.5. The highest BCUT2D eigenvalue weighted by molar-refractivity contribution is 6.11. The van der Waals surface area contributed by atoms with Crippen molar-refractivity contribution in [3.63, 3.8) is 0 Å². The summed E-state index contributed by atoms with van der Waals surface area (Å²) >= 11 is 0. The van der Waals surface area contributed by atoms with E-state index in [4.69, 9.17) is 4.74 Å². The Morgan fingerprint density at radius 2 is 1.53 bits per heavy atom. The molecule has 0 unspecified atom stereocenters. The number of benzene rings is 3. The summed E-state index contributed by atoms with van der Waals surface area (Å²) in [5.74, 6) is -0.662. The number of rotatable bonds is 9. The van der Waals surface area contributed by atoms with Crippen molar-refractivity contribution in [1.82, 2.24) is 9.88 Å². The first-order valence-corrected chi connectivity index (χ1v) is 11.6. The van der Waals surface area contributed by atoms with E-state index in [9.17, 15) is 14.7 Å². The fraction of sp³-hybridized carbons (Fsp3) is 0.241. The topological polar surface area (TPSA) is 82.6 Å². The van der Waals surface area contributed by atoms with Gasteiger partial charge in [-0.15, -0.1) is 12.4 Å². The SMILES string of the molecule is CC(C)(C)N(CC(=O)c1ccc(OCc2ccccc2)c2[nH]c(C(=O)O)cc12)Cc1ccccc1.Cl. The van der Waals surface area contributed by atoms with Crippen LogP contribution in [0.1, 0.15) is 52.7 Å². The zero-order chi connectivity index (χ0) is 25.0. The highest BCUT2D eigenvalue weighted by atomic mass is 35.5. The largest absolute Gasteiger partial charge is 0.487 e. The Morgan fingerprint density at radius 1 is 0.917 bits per heavy atom. The average molecular weight is 507 g/mol. The van der Waals surface area contributed by atoms with Crippen molar-refractivity contribution in [3.05, 3.63) is 101 Å². The number of fused-ring (bicyclic) bond motifs is 1. The number of ketones is 1. The fourth-order valence-corrected chi connectivity index (χ4v) is 4.00. The van der Waals surface area contributed by atoms with Crippen molar-refractivity contribution < 1.29 is 19.4 Å². The first-order valence-electron chi connectivity index (χ1n) is 11.6. The number of hydrogen-bond donors (Lipinski definition) is 2. The monoisotopic (exact) mass is 506 g/mol. The maximum Gasteiger partial charge on any atom is 0.352 e. The number of carbonyl (C=O) groups is 2. The minimum atomic E-state index is -1.09. The molecule has 0 saturated heterocycles. The summed E-state index contributed by atoms with van der Waals surface area (Å²) in [5.41, 5.74) is 2.87. The van der Waals surface area contributed by atoms with Crippen LogP contribution in [-0.2, 0) is 13.2 Å². The van der Waals surface area contributed by atoms with Crippen LogP contribution in [0, 0.1) is 0 Å². The lowest BCUT2D eigenvalue weighted by molar-refractivity contribution is 0.0691. The van der Waals surface area contributed by atoms with Crippen LogP contribution in [0.25, 0.3) is 10.9 Å². The predicted molar refractivity (Wildman–Crippen MR) is 144 cm³/mol. The summed E-state index contributed by atoms with van der Waals surface area (Å²) < 4.78 is 6.00. The van der Waals surface area contributed by atoms with Gasteiger partial charge in [-0.2, -0.15) is 0 Å². The highest BCUT2D eigenvalue weighted by Gasteiger charge is 2.26. The van der Waals surface area contributed by atoms with Crippen LogP contribution < -0.4 is 4.74 Å². The molecule has 0 aliphatic rings. The number of carboxylic acid groups (broad SMARTS) is 1. The lowest BCUT2D eigenvalue weighted by Crippen LogP contribution is -2.43. The summed E-state index contributed by atoms with van der Waals surface area (Å²) in [6.45, 7) is 7.41. The van der Waals surface area contributed by atoms with Crippen LogP contribution >= 0.6 is 12.4 Å². The summed E-state index contributed by atoms with van der Waals surface area (Å²) in [6.07, 6.45) is 0. The highest BCUT2D eigenvalue weighted by Crippen LogP contribution is 2.31. The zero-order valence-electron chi connectivity index (χ0n) is 20.7. The zero-order valence-corrected chi connectivity index (χ0v) is 21.5. The van der Waals surface area contributed by atoms with E-state index in [0.717, 1.165) is 11.1 Å². The van der Waals surface area contributed by atoms with Crippen LogP contribution in [0.5, 0.6) is 5.75 Å². The van der Waals surface area contributed by atoms with Crippen molar-refractivity contribution >= 4 is 35.1 Å². The predicted octanol–water partition coefficient (Wildman–Crippen LogP) is 6.35. The Bertz CT molecular complexity index is 1330. The Kier molecular flexibility index (Phi) is 8.56. The molecule has 4 rings (SSSR count). The van der Waals surface area contributed by atoms with Gasteiger partial charge in [0.25, 0.3) is 0 Å². The summed E-state index contributed by atoms with van der Waals surface area (Å²) in [4.78, 5) is 30.3. The number of nitrogens with one attached hydrogen (secondary N) is 1. The van der Waals surface area contributed by atoms with Crippen molar-refractivity contribution in [3.8, 4) is 5.75 Å². The number of nitrogens with zero attached hydrogens (tertiary/aromatic N) is 1. The number of H-pyrrole nitrogens is 1.